The number of aromatic nitrogens is 4. The van der Waals surface area contributed by atoms with Gasteiger partial charge in [-0.15, -0.1) is 0 Å². The minimum absolute atomic E-state index is 0.254. The lowest BCUT2D eigenvalue weighted by atomic mass is 10.1. The maximum absolute atomic E-state index is 10.1. The predicted octanol–water partition coefficient (Wildman–Crippen LogP) is 1.40. The van der Waals surface area contributed by atoms with E-state index in [2.05, 4.69) is 15.1 Å². The third-order valence-electron chi connectivity index (χ3n) is 2.73. The molecule has 5 nitrogen and oxygen atoms in total. The summed E-state index contributed by atoms with van der Waals surface area (Å²) < 4.78 is 1.83. The topological polar surface area (TPSA) is 63.8 Å². The molecule has 2 aromatic rings. The molecular weight excluding hydrogens is 228 g/mol. The van der Waals surface area contributed by atoms with E-state index in [0.29, 0.717) is 12.8 Å². The third kappa shape index (κ3) is 3.13. The zero-order valence-electron chi connectivity index (χ0n) is 10.7. The van der Waals surface area contributed by atoms with E-state index < -0.39 is 6.10 Å². The van der Waals surface area contributed by atoms with Crippen molar-refractivity contribution in [2.24, 2.45) is 0 Å². The molecule has 96 valence electrons. The van der Waals surface area contributed by atoms with Crippen LogP contribution in [0.2, 0.25) is 0 Å². The van der Waals surface area contributed by atoms with E-state index in [0.717, 1.165) is 11.5 Å². The highest BCUT2D eigenvalue weighted by atomic mass is 16.3. The van der Waals surface area contributed by atoms with Gasteiger partial charge in [0.15, 0.2) is 0 Å². The van der Waals surface area contributed by atoms with Gasteiger partial charge in [-0.3, -0.25) is 4.98 Å². The van der Waals surface area contributed by atoms with E-state index in [1.807, 2.05) is 36.7 Å². The zero-order chi connectivity index (χ0) is 13.0. The molecule has 1 unspecified atom stereocenters. The number of hydrogen-bond donors (Lipinski definition) is 1. The predicted molar refractivity (Wildman–Crippen MR) is 68.1 cm³/mol. The Morgan fingerprint density at radius 3 is 2.72 bits per heavy atom. The molecule has 0 saturated carbocycles. The fourth-order valence-electron chi connectivity index (χ4n) is 1.89. The average Bonchev–Trinajstić information content (AvgIpc) is 2.78. The maximum atomic E-state index is 10.1. The summed E-state index contributed by atoms with van der Waals surface area (Å²) in [7, 11) is 0. The van der Waals surface area contributed by atoms with E-state index in [-0.39, 0.29) is 6.04 Å². The highest BCUT2D eigenvalue weighted by Gasteiger charge is 2.13. The van der Waals surface area contributed by atoms with Gasteiger partial charge in [0.25, 0.3) is 0 Å². The van der Waals surface area contributed by atoms with Gasteiger partial charge in [-0.05, 0) is 26.0 Å². The van der Waals surface area contributed by atoms with Crippen LogP contribution < -0.4 is 0 Å². The molecule has 0 saturated heterocycles. The van der Waals surface area contributed by atoms with Gasteiger partial charge >= 0.3 is 0 Å². The van der Waals surface area contributed by atoms with Crippen LogP contribution in [0.1, 0.15) is 31.4 Å². The van der Waals surface area contributed by atoms with E-state index in [4.69, 9.17) is 0 Å². The summed E-state index contributed by atoms with van der Waals surface area (Å²) in [5, 5.41) is 14.2. The van der Waals surface area contributed by atoms with E-state index >= 15 is 0 Å². The van der Waals surface area contributed by atoms with Crippen molar-refractivity contribution in [3.63, 3.8) is 0 Å². The minimum Gasteiger partial charge on any atom is -0.392 e. The number of pyridine rings is 1. The second kappa shape index (κ2) is 5.73. The summed E-state index contributed by atoms with van der Waals surface area (Å²) >= 11 is 0. The van der Waals surface area contributed by atoms with Crippen molar-refractivity contribution in [2.45, 2.75) is 38.8 Å². The number of aliphatic hydroxyl groups is 1. The first kappa shape index (κ1) is 12.7. The van der Waals surface area contributed by atoms with Crippen molar-refractivity contribution in [3.8, 4) is 0 Å². The second-order valence-corrected chi connectivity index (χ2v) is 4.60. The summed E-state index contributed by atoms with van der Waals surface area (Å²) in [5.74, 6) is 0.813. The summed E-state index contributed by atoms with van der Waals surface area (Å²) in [5.41, 5.74) is 0.889. The Hall–Kier alpha value is -1.75. The van der Waals surface area contributed by atoms with Crippen LogP contribution >= 0.6 is 0 Å². The first-order valence-corrected chi connectivity index (χ1v) is 6.13. The van der Waals surface area contributed by atoms with E-state index in [1.54, 1.807) is 6.20 Å². The molecule has 0 radical (unpaired) electrons. The van der Waals surface area contributed by atoms with Crippen molar-refractivity contribution >= 4 is 0 Å². The molecule has 2 aromatic heterocycles. The molecule has 2 rings (SSSR count). The Balaban J connectivity index is 1.99. The van der Waals surface area contributed by atoms with Crippen LogP contribution in [0.25, 0.3) is 0 Å². The monoisotopic (exact) mass is 246 g/mol. The summed E-state index contributed by atoms with van der Waals surface area (Å²) in [6, 6.07) is 5.96. The Morgan fingerprint density at radius 2 is 2.06 bits per heavy atom. The summed E-state index contributed by atoms with van der Waals surface area (Å²) in [6.45, 7) is 4.09. The molecular formula is C13H18N4O. The fraction of sp³-hybridized carbons (Fsp3) is 0.462. The molecule has 0 aliphatic rings. The molecule has 1 atom stereocenters. The molecule has 1 N–H and O–H groups in total. The minimum atomic E-state index is -0.485. The van der Waals surface area contributed by atoms with Crippen molar-refractivity contribution in [2.75, 3.05) is 0 Å². The highest BCUT2D eigenvalue weighted by molar-refractivity contribution is 5.05. The van der Waals surface area contributed by atoms with Crippen molar-refractivity contribution in [1.82, 2.24) is 19.7 Å². The smallest absolute Gasteiger partial charge is 0.138 e. The molecule has 0 aliphatic carbocycles. The van der Waals surface area contributed by atoms with Crippen LogP contribution in [-0.4, -0.2) is 31.0 Å². The normalized spacial score (nSPS) is 12.9. The molecule has 5 heteroatoms. The van der Waals surface area contributed by atoms with Crippen LogP contribution in [0.5, 0.6) is 0 Å². The van der Waals surface area contributed by atoms with Crippen LogP contribution in [0.4, 0.5) is 0 Å². The Labute approximate surface area is 107 Å². The molecule has 2 heterocycles. The molecule has 0 aromatic carbocycles. The second-order valence-electron chi connectivity index (χ2n) is 4.60. The van der Waals surface area contributed by atoms with Gasteiger partial charge in [0.1, 0.15) is 12.2 Å². The first-order valence-electron chi connectivity index (χ1n) is 6.13. The number of rotatable bonds is 5. The van der Waals surface area contributed by atoms with Crippen molar-refractivity contribution in [3.05, 3.63) is 42.2 Å². The van der Waals surface area contributed by atoms with Gasteiger partial charge in [0, 0.05) is 30.8 Å². The largest absolute Gasteiger partial charge is 0.392 e. The first-order chi connectivity index (χ1) is 8.66. The Kier molecular flexibility index (Phi) is 4.04. The van der Waals surface area contributed by atoms with Crippen LogP contribution in [0.15, 0.2) is 30.7 Å². The van der Waals surface area contributed by atoms with Gasteiger partial charge in [-0.2, -0.15) is 5.10 Å². The highest BCUT2D eigenvalue weighted by Crippen LogP contribution is 2.09. The lowest BCUT2D eigenvalue weighted by Crippen LogP contribution is -2.19. The van der Waals surface area contributed by atoms with Crippen LogP contribution in [0, 0.1) is 0 Å². The third-order valence-corrected chi connectivity index (χ3v) is 2.73. The standard InChI is InChI=1S/C13H18N4O/c1-10(2)17-13(15-9-16-17)8-12(18)7-11-5-3-4-6-14-11/h3-6,9-10,12,18H,7-8H2,1-2H3. The molecule has 0 bridgehead atoms. The molecule has 0 aliphatic heterocycles. The zero-order valence-corrected chi connectivity index (χ0v) is 10.7. The molecule has 18 heavy (non-hydrogen) atoms. The quantitative estimate of drug-likeness (QED) is 0.866. The van der Waals surface area contributed by atoms with Crippen LogP contribution in [-0.2, 0) is 12.8 Å². The Bertz CT molecular complexity index is 481. The van der Waals surface area contributed by atoms with Gasteiger partial charge < -0.3 is 5.11 Å². The van der Waals surface area contributed by atoms with E-state index in [1.165, 1.54) is 6.33 Å². The SMILES string of the molecule is CC(C)n1ncnc1CC(O)Cc1ccccn1. The lowest BCUT2D eigenvalue weighted by molar-refractivity contribution is 0.169. The number of aliphatic hydroxyl groups excluding tert-OH is 1. The molecule has 0 fully saturated rings. The average molecular weight is 246 g/mol. The summed E-state index contributed by atoms with van der Waals surface area (Å²) in [4.78, 5) is 8.39. The maximum Gasteiger partial charge on any atom is 0.138 e. The van der Waals surface area contributed by atoms with Gasteiger partial charge in [0.05, 0.1) is 6.10 Å². The Morgan fingerprint density at radius 1 is 1.22 bits per heavy atom. The number of nitrogens with zero attached hydrogens (tertiary/aromatic N) is 4. The van der Waals surface area contributed by atoms with Crippen LogP contribution in [0.3, 0.4) is 0 Å². The van der Waals surface area contributed by atoms with Gasteiger partial charge in [-0.25, -0.2) is 9.67 Å². The lowest BCUT2D eigenvalue weighted by Gasteiger charge is -2.12. The van der Waals surface area contributed by atoms with Crippen molar-refractivity contribution in [1.29, 1.82) is 0 Å². The van der Waals surface area contributed by atoms with E-state index in [9.17, 15) is 5.11 Å². The van der Waals surface area contributed by atoms with Crippen molar-refractivity contribution < 1.29 is 5.11 Å². The van der Waals surface area contributed by atoms with Gasteiger partial charge in [0.2, 0.25) is 0 Å². The molecule has 0 amide bonds. The van der Waals surface area contributed by atoms with Gasteiger partial charge in [-0.1, -0.05) is 6.07 Å². The summed E-state index contributed by atoms with van der Waals surface area (Å²) in [6.07, 6.45) is 3.81. The molecule has 0 spiro atoms. The number of hydrogen-bond acceptors (Lipinski definition) is 4. The fourth-order valence-corrected chi connectivity index (χ4v) is 1.89.